The average Bonchev–Trinajstić information content (AvgIpc) is 3.21. The molecule has 0 amide bonds. The van der Waals surface area contributed by atoms with Crippen molar-refractivity contribution < 1.29 is 21.9 Å². The van der Waals surface area contributed by atoms with Gasteiger partial charge in [-0.25, -0.2) is 0 Å². The average molecular weight is 350 g/mol. The zero-order valence-corrected chi connectivity index (χ0v) is 14.3. The third-order valence-corrected chi connectivity index (χ3v) is 3.83. The fraction of sp³-hybridized carbons (Fsp3) is 0.105. The minimum absolute atomic E-state index is 0. The van der Waals surface area contributed by atoms with E-state index in [0.717, 1.165) is 5.75 Å². The molecule has 0 bridgehead atoms. The van der Waals surface area contributed by atoms with Gasteiger partial charge in [-0.2, -0.15) is 12.1 Å². The molecule has 3 rings (SSSR count). The largest absolute Gasteiger partial charge is 0.748 e. The Morgan fingerprint density at radius 2 is 1.50 bits per heavy atom. The summed E-state index contributed by atoms with van der Waals surface area (Å²) in [5, 5.41) is 0.167. The summed E-state index contributed by atoms with van der Waals surface area (Å²) >= 11 is 1.35. The number of hydrogen-bond acceptors (Lipinski definition) is 2. The van der Waals surface area contributed by atoms with E-state index in [1.807, 2.05) is 42.5 Å². The van der Waals surface area contributed by atoms with Crippen LogP contribution in [0.25, 0.3) is 11.1 Å². The molecule has 0 radical (unpaired) electrons. The molecule has 0 fully saturated rings. The van der Waals surface area contributed by atoms with E-state index in [9.17, 15) is 4.79 Å². The summed E-state index contributed by atoms with van der Waals surface area (Å²) in [4.78, 5) is 10.8. The molecule has 0 aromatic heterocycles. The molecule has 3 heteroatoms. The molecule has 0 aliphatic carbocycles. The zero-order chi connectivity index (χ0) is 14.9. The van der Waals surface area contributed by atoms with E-state index in [1.165, 1.54) is 28.5 Å². The summed E-state index contributed by atoms with van der Waals surface area (Å²) < 4.78 is 0. The summed E-state index contributed by atoms with van der Waals surface area (Å²) in [5.41, 5.74) is 3.66. The van der Waals surface area contributed by atoms with Crippen LogP contribution in [0.5, 0.6) is 0 Å². The van der Waals surface area contributed by atoms with Gasteiger partial charge in [-0.05, 0) is 0 Å². The van der Waals surface area contributed by atoms with Gasteiger partial charge in [0.05, 0.1) is 0 Å². The molecule has 0 N–H and O–H groups in total. The van der Waals surface area contributed by atoms with Crippen molar-refractivity contribution in [2.24, 2.45) is 0 Å². The molecule has 0 heterocycles. The van der Waals surface area contributed by atoms with E-state index in [-0.39, 0.29) is 22.2 Å². The van der Waals surface area contributed by atoms with Crippen LogP contribution in [0, 0.1) is 0 Å². The van der Waals surface area contributed by atoms with Crippen LogP contribution in [0.4, 0.5) is 0 Å². The van der Waals surface area contributed by atoms with Crippen LogP contribution < -0.4 is 0 Å². The van der Waals surface area contributed by atoms with Crippen LogP contribution >= 0.6 is 11.8 Å². The molecule has 0 spiro atoms. The van der Waals surface area contributed by atoms with Gasteiger partial charge in [0.15, 0.2) is 5.12 Å². The quantitative estimate of drug-likeness (QED) is 0.474. The molecule has 0 saturated carbocycles. The monoisotopic (exact) mass is 350 g/mol. The van der Waals surface area contributed by atoms with Gasteiger partial charge in [-0.3, -0.25) is 4.79 Å². The van der Waals surface area contributed by atoms with Crippen molar-refractivity contribution in [1.29, 1.82) is 0 Å². The molecule has 22 heavy (non-hydrogen) atoms. The summed E-state index contributed by atoms with van der Waals surface area (Å²) in [6.07, 6.45) is 0. The Hall–Kier alpha value is -1.54. The van der Waals surface area contributed by atoms with Crippen molar-refractivity contribution in [3.8, 4) is 11.1 Å². The van der Waals surface area contributed by atoms with Gasteiger partial charge < -0.3 is 30.3 Å². The number of carbonyl (C=O) groups is 1. The second kappa shape index (κ2) is 10.2. The molecular weight excluding hydrogens is 332 g/mol. The Labute approximate surface area is 147 Å². The van der Waals surface area contributed by atoms with E-state index in [0.29, 0.717) is 0 Å². The van der Waals surface area contributed by atoms with Crippen molar-refractivity contribution in [2.45, 2.75) is 12.7 Å². The fourth-order valence-corrected chi connectivity index (χ4v) is 2.43. The van der Waals surface area contributed by atoms with Crippen molar-refractivity contribution in [3.05, 3.63) is 84.4 Å². The molecule has 0 atom stereocenters. The molecule has 0 saturated heterocycles. The Morgan fingerprint density at radius 3 is 1.95 bits per heavy atom. The van der Waals surface area contributed by atoms with E-state index in [1.54, 1.807) is 6.92 Å². The number of benzene rings is 1. The number of rotatable bonds is 3. The van der Waals surface area contributed by atoms with Gasteiger partial charge in [0.1, 0.15) is 0 Å². The summed E-state index contributed by atoms with van der Waals surface area (Å²) in [5.74, 6) is 0.761. The predicted molar refractivity (Wildman–Crippen MR) is 91.5 cm³/mol. The van der Waals surface area contributed by atoms with Gasteiger partial charge >= 0.3 is 0 Å². The number of carbonyl (C=O) groups excluding carboxylic acids is 1. The van der Waals surface area contributed by atoms with Crippen molar-refractivity contribution in [1.82, 2.24) is 0 Å². The normalized spacial score (nSPS) is 9.32. The SMILES string of the molecule is CC(=O)SCc1ccc(-[c-]2cccc2)cc1.[Fe].[cH-]1[cH-][cH-][cH-][cH-]1. The second-order valence-electron chi connectivity index (χ2n) is 4.61. The molecule has 120 valence electrons. The van der Waals surface area contributed by atoms with E-state index < -0.39 is 0 Å². The van der Waals surface area contributed by atoms with Gasteiger partial charge in [0.2, 0.25) is 0 Å². The van der Waals surface area contributed by atoms with E-state index in [4.69, 9.17) is 0 Å². The fourth-order valence-electron chi connectivity index (χ4n) is 1.87. The van der Waals surface area contributed by atoms with Crippen LogP contribution in [-0.2, 0) is 27.6 Å². The maximum Gasteiger partial charge on any atom is 0.186 e. The zero-order valence-electron chi connectivity index (χ0n) is 12.4. The van der Waals surface area contributed by atoms with Crippen LogP contribution in [0.15, 0.2) is 78.9 Å². The Balaban J connectivity index is 0.000000344. The summed E-state index contributed by atoms with van der Waals surface area (Å²) in [7, 11) is 0. The van der Waals surface area contributed by atoms with Crippen LogP contribution in [0.2, 0.25) is 0 Å². The summed E-state index contributed by atoms with van der Waals surface area (Å²) in [6, 6.07) is 26.6. The molecule has 3 aromatic carbocycles. The smallest absolute Gasteiger partial charge is 0.186 e. The Kier molecular flexibility index (Phi) is 8.61. The topological polar surface area (TPSA) is 17.1 Å². The first-order valence-electron chi connectivity index (χ1n) is 6.87. The standard InChI is InChI=1S/C14H13OS.C5H5.Fe/c1-11(15)16-10-12-6-8-14(9-7-12)13-4-2-3-5-13;1-2-4-5-3-1;/h2-9H,10H2,1H3;1-5H;/q-1;-5;. The molecule has 0 aliphatic heterocycles. The van der Waals surface area contributed by atoms with Gasteiger partial charge in [0, 0.05) is 29.7 Å². The first-order valence-corrected chi connectivity index (χ1v) is 7.85. The van der Waals surface area contributed by atoms with Gasteiger partial charge in [-0.15, -0.1) is 29.8 Å². The molecule has 0 aliphatic rings. The Bertz CT molecular complexity index is 607. The molecule has 3 aromatic rings. The second-order valence-corrected chi connectivity index (χ2v) is 5.77. The van der Waals surface area contributed by atoms with E-state index >= 15 is 0 Å². The third-order valence-electron chi connectivity index (χ3n) is 2.95. The summed E-state index contributed by atoms with van der Waals surface area (Å²) in [6.45, 7) is 1.60. The maximum absolute atomic E-state index is 10.8. The molecular formula is C19H18FeOS-6. The number of thioether (sulfide) groups is 1. The van der Waals surface area contributed by atoms with Crippen LogP contribution in [0.1, 0.15) is 12.5 Å². The number of hydrogen-bond donors (Lipinski definition) is 0. The first-order chi connectivity index (χ1) is 10.3. The van der Waals surface area contributed by atoms with Crippen LogP contribution in [-0.4, -0.2) is 5.12 Å². The van der Waals surface area contributed by atoms with Gasteiger partial charge in [0.25, 0.3) is 0 Å². The maximum atomic E-state index is 10.8. The Morgan fingerprint density at radius 1 is 1.00 bits per heavy atom. The van der Waals surface area contributed by atoms with Crippen molar-refractivity contribution in [2.75, 3.05) is 0 Å². The van der Waals surface area contributed by atoms with E-state index in [2.05, 4.69) is 36.4 Å². The van der Waals surface area contributed by atoms with Crippen molar-refractivity contribution in [3.63, 3.8) is 0 Å². The first kappa shape index (κ1) is 18.5. The minimum atomic E-state index is 0. The predicted octanol–water partition coefficient (Wildman–Crippen LogP) is 5.26. The van der Waals surface area contributed by atoms with Crippen molar-refractivity contribution >= 4 is 16.9 Å². The third kappa shape index (κ3) is 6.48. The minimum Gasteiger partial charge on any atom is -0.748 e. The van der Waals surface area contributed by atoms with Gasteiger partial charge in [-0.1, -0.05) is 35.0 Å². The van der Waals surface area contributed by atoms with Crippen LogP contribution in [0.3, 0.4) is 0 Å². The molecule has 1 nitrogen and oxygen atoms in total. The molecule has 0 unspecified atom stereocenters.